The lowest BCUT2D eigenvalue weighted by molar-refractivity contribution is 0.200. The molecule has 1 aromatic carbocycles. The van der Waals surface area contributed by atoms with E-state index in [0.717, 1.165) is 18.4 Å². The molecule has 1 fully saturated rings. The minimum Gasteiger partial charge on any atom is -0.481 e. The Morgan fingerprint density at radius 3 is 2.62 bits per heavy atom. The van der Waals surface area contributed by atoms with Crippen LogP contribution >= 0.6 is 11.6 Å². The molecule has 1 aliphatic rings. The number of carbonyl (C=O) groups is 1. The summed E-state index contributed by atoms with van der Waals surface area (Å²) in [4.78, 5) is 35.4. The van der Waals surface area contributed by atoms with E-state index in [2.05, 4.69) is 15.3 Å². The molecule has 4 rings (SSSR count). The molecule has 0 bridgehead atoms. The van der Waals surface area contributed by atoms with Crippen molar-refractivity contribution >= 4 is 34.9 Å². The number of para-hydroxylation sites is 1. The first kappa shape index (κ1) is 23.6. The lowest BCUT2D eigenvalue weighted by Crippen LogP contribution is -2.39. The first-order chi connectivity index (χ1) is 16.3. The number of aromatic nitrogens is 3. The van der Waals surface area contributed by atoms with Crippen LogP contribution in [0.3, 0.4) is 0 Å². The number of pyridine rings is 1. The molecule has 0 unspecified atom stereocenters. The quantitative estimate of drug-likeness (QED) is 0.473. The van der Waals surface area contributed by atoms with Crippen LogP contribution in [0.4, 0.5) is 22.0 Å². The summed E-state index contributed by atoms with van der Waals surface area (Å²) in [6.07, 6.45) is 2.21. The van der Waals surface area contributed by atoms with E-state index in [0.29, 0.717) is 22.9 Å². The lowest BCUT2D eigenvalue weighted by Gasteiger charge is -2.27. The summed E-state index contributed by atoms with van der Waals surface area (Å²) in [6, 6.07) is 10.3. The van der Waals surface area contributed by atoms with Crippen LogP contribution in [0.5, 0.6) is 5.88 Å². The highest BCUT2D eigenvalue weighted by molar-refractivity contribution is 6.29. The van der Waals surface area contributed by atoms with Gasteiger partial charge in [0.15, 0.2) is 5.82 Å². The van der Waals surface area contributed by atoms with Gasteiger partial charge in [0.1, 0.15) is 5.15 Å². The predicted octanol–water partition coefficient (Wildman–Crippen LogP) is 4.80. The van der Waals surface area contributed by atoms with Crippen molar-refractivity contribution in [3.63, 3.8) is 0 Å². The third kappa shape index (κ3) is 4.99. The van der Waals surface area contributed by atoms with Gasteiger partial charge >= 0.3 is 6.09 Å². The average molecular weight is 484 g/mol. The third-order valence-corrected chi connectivity index (χ3v) is 6.08. The van der Waals surface area contributed by atoms with Crippen LogP contribution in [-0.4, -0.2) is 39.4 Å². The summed E-state index contributed by atoms with van der Waals surface area (Å²) >= 11 is 6.32. The fraction of sp³-hybridized carbons (Fsp3) is 0.333. The Bertz CT molecular complexity index is 1260. The number of methoxy groups -OCH3 is 1. The number of hydrogen-bond acceptors (Lipinski definition) is 6. The Morgan fingerprint density at radius 2 is 2.00 bits per heavy atom. The molecule has 1 amide bonds. The van der Waals surface area contributed by atoms with E-state index in [4.69, 9.17) is 16.3 Å². The summed E-state index contributed by atoms with van der Waals surface area (Å²) in [6.45, 7) is 3.77. The van der Waals surface area contributed by atoms with Crippen molar-refractivity contribution in [3.05, 3.63) is 69.4 Å². The van der Waals surface area contributed by atoms with Crippen molar-refractivity contribution in [2.45, 2.75) is 32.7 Å². The van der Waals surface area contributed by atoms with Gasteiger partial charge in [0.2, 0.25) is 5.88 Å². The van der Waals surface area contributed by atoms with Crippen molar-refractivity contribution < 1.29 is 14.6 Å². The average Bonchev–Trinajstić information content (AvgIpc) is 3.64. The molecule has 2 aromatic heterocycles. The van der Waals surface area contributed by atoms with Gasteiger partial charge in [-0.25, -0.2) is 14.8 Å². The van der Waals surface area contributed by atoms with E-state index in [1.165, 1.54) is 15.7 Å². The second kappa shape index (κ2) is 9.72. The summed E-state index contributed by atoms with van der Waals surface area (Å²) < 4.78 is 6.76. The molecule has 178 valence electrons. The van der Waals surface area contributed by atoms with Gasteiger partial charge in [0.25, 0.3) is 5.56 Å². The van der Waals surface area contributed by atoms with Gasteiger partial charge in [0.05, 0.1) is 31.1 Å². The number of anilines is 3. The molecule has 1 saturated carbocycles. The minimum atomic E-state index is -1.08. The van der Waals surface area contributed by atoms with Crippen molar-refractivity contribution in [1.82, 2.24) is 14.5 Å². The Kier molecular flexibility index (Phi) is 6.74. The van der Waals surface area contributed by atoms with Gasteiger partial charge in [-0.05, 0) is 50.8 Å². The Labute approximate surface area is 202 Å². The van der Waals surface area contributed by atoms with E-state index in [1.54, 1.807) is 38.3 Å². The summed E-state index contributed by atoms with van der Waals surface area (Å²) in [5.74, 6) is 0.721. The molecule has 34 heavy (non-hydrogen) atoms. The van der Waals surface area contributed by atoms with Crippen molar-refractivity contribution in [1.29, 1.82) is 0 Å². The number of carboxylic acid groups (broad SMARTS) is 1. The summed E-state index contributed by atoms with van der Waals surface area (Å²) in [5.41, 5.74) is 2.20. The molecule has 0 saturated heterocycles. The molecular formula is C24H26ClN5O4. The van der Waals surface area contributed by atoms with Crippen LogP contribution in [0, 0.1) is 19.8 Å². The number of aryl methyl sites for hydroxylation is 2. The lowest BCUT2D eigenvalue weighted by atomic mass is 10.1. The molecule has 0 aliphatic heterocycles. The number of ether oxygens (including phenoxy) is 1. The Hall–Kier alpha value is -3.59. The van der Waals surface area contributed by atoms with Crippen LogP contribution < -0.4 is 20.5 Å². The normalized spacial score (nSPS) is 13.9. The molecule has 0 radical (unpaired) electrons. The second-order valence-corrected chi connectivity index (χ2v) is 8.72. The number of benzene rings is 1. The number of hydrogen-bond donors (Lipinski definition) is 2. The third-order valence-electron chi connectivity index (χ3n) is 5.90. The maximum atomic E-state index is 13.5. The first-order valence-electron chi connectivity index (χ1n) is 10.9. The molecule has 3 aromatic rings. The smallest absolute Gasteiger partial charge is 0.411 e. The van der Waals surface area contributed by atoms with Gasteiger partial charge in [-0.1, -0.05) is 29.8 Å². The number of halogens is 1. The Morgan fingerprint density at radius 1 is 1.29 bits per heavy atom. The zero-order valence-corrected chi connectivity index (χ0v) is 19.9. The highest BCUT2D eigenvalue weighted by Gasteiger charge is 2.36. The number of amides is 1. The van der Waals surface area contributed by atoms with Crippen LogP contribution in [0.15, 0.2) is 47.4 Å². The maximum Gasteiger partial charge on any atom is 0.411 e. The molecular weight excluding hydrogens is 458 g/mol. The van der Waals surface area contributed by atoms with Crippen LogP contribution in [0.25, 0.3) is 0 Å². The number of rotatable bonds is 8. The standard InChI is InChI=1S/C24H26ClN5O4/c1-14-11-18(15(2)26-22(14)34-3)27-21-23(31)30(13-20(25)28-21)19(16-9-10-16)12-29(24(32)33)17-7-5-4-6-8-17/h4-8,11,13,16,19H,9-10,12H2,1-3H3,(H,27,28)(H,32,33)/t19-/m1/s1. The van der Waals surface area contributed by atoms with Gasteiger partial charge < -0.3 is 19.7 Å². The highest BCUT2D eigenvalue weighted by Crippen LogP contribution is 2.40. The summed E-state index contributed by atoms with van der Waals surface area (Å²) in [5, 5.41) is 13.1. The van der Waals surface area contributed by atoms with E-state index in [9.17, 15) is 14.7 Å². The van der Waals surface area contributed by atoms with Crippen molar-refractivity contribution in [3.8, 4) is 5.88 Å². The van der Waals surface area contributed by atoms with E-state index >= 15 is 0 Å². The fourth-order valence-electron chi connectivity index (χ4n) is 3.99. The highest BCUT2D eigenvalue weighted by atomic mass is 35.5. The van der Waals surface area contributed by atoms with E-state index < -0.39 is 6.09 Å². The van der Waals surface area contributed by atoms with Gasteiger partial charge in [-0.2, -0.15) is 0 Å². The molecule has 1 atom stereocenters. The largest absolute Gasteiger partial charge is 0.481 e. The van der Waals surface area contributed by atoms with Crippen LogP contribution in [0.1, 0.15) is 30.1 Å². The number of nitrogens with one attached hydrogen (secondary N) is 1. The fourth-order valence-corrected chi connectivity index (χ4v) is 4.17. The van der Waals surface area contributed by atoms with Crippen molar-refractivity contribution in [2.75, 3.05) is 23.9 Å². The first-order valence-corrected chi connectivity index (χ1v) is 11.3. The minimum absolute atomic E-state index is 0.0502. The second-order valence-electron chi connectivity index (χ2n) is 8.33. The molecule has 2 heterocycles. The SMILES string of the molecule is COc1nc(C)c(Nc2nc(Cl)cn([C@H](CN(C(=O)O)c3ccccc3)C3CC3)c2=O)cc1C. The molecule has 10 heteroatoms. The predicted molar refractivity (Wildman–Crippen MR) is 131 cm³/mol. The van der Waals surface area contributed by atoms with Gasteiger partial charge in [0, 0.05) is 17.4 Å². The molecule has 1 aliphatic carbocycles. The monoisotopic (exact) mass is 483 g/mol. The van der Waals surface area contributed by atoms with Gasteiger partial charge in [-0.3, -0.25) is 9.69 Å². The van der Waals surface area contributed by atoms with Crippen LogP contribution in [0.2, 0.25) is 5.15 Å². The van der Waals surface area contributed by atoms with Gasteiger partial charge in [-0.15, -0.1) is 0 Å². The zero-order valence-electron chi connectivity index (χ0n) is 19.2. The maximum absolute atomic E-state index is 13.5. The summed E-state index contributed by atoms with van der Waals surface area (Å²) in [7, 11) is 1.55. The van der Waals surface area contributed by atoms with E-state index in [1.807, 2.05) is 19.1 Å². The Balaban J connectivity index is 1.70. The van der Waals surface area contributed by atoms with Crippen molar-refractivity contribution in [2.24, 2.45) is 5.92 Å². The molecule has 2 N–H and O–H groups in total. The molecule has 9 nitrogen and oxygen atoms in total. The number of nitrogens with zero attached hydrogens (tertiary/aromatic N) is 4. The van der Waals surface area contributed by atoms with E-state index in [-0.39, 0.29) is 35.0 Å². The van der Waals surface area contributed by atoms with Crippen LogP contribution in [-0.2, 0) is 0 Å². The zero-order chi connectivity index (χ0) is 24.4. The topological polar surface area (TPSA) is 110 Å². The molecule has 0 spiro atoms.